The molecule has 1 aliphatic rings. The zero-order chi connectivity index (χ0) is 14.2. The normalized spacial score (nSPS) is 16.1. The van der Waals surface area contributed by atoms with Crippen molar-refractivity contribution in [3.63, 3.8) is 0 Å². The van der Waals surface area contributed by atoms with Crippen molar-refractivity contribution in [3.8, 4) is 5.75 Å². The number of hydrogen-bond acceptors (Lipinski definition) is 3. The first kappa shape index (κ1) is 15.3. The summed E-state index contributed by atoms with van der Waals surface area (Å²) >= 11 is 0. The Morgan fingerprint density at radius 3 is 2.95 bits per heavy atom. The van der Waals surface area contributed by atoms with Gasteiger partial charge in [-0.2, -0.15) is 0 Å². The van der Waals surface area contributed by atoms with Gasteiger partial charge in [0.2, 0.25) is 0 Å². The van der Waals surface area contributed by atoms with Gasteiger partial charge in [0.25, 0.3) is 0 Å². The Morgan fingerprint density at radius 2 is 2.25 bits per heavy atom. The maximum Gasteiger partial charge on any atom is 0.119 e. The molecular formula is C17H28N2O. The van der Waals surface area contributed by atoms with Crippen LogP contribution in [0.5, 0.6) is 5.75 Å². The molecule has 1 atom stereocenters. The van der Waals surface area contributed by atoms with Gasteiger partial charge < -0.3 is 15.8 Å². The van der Waals surface area contributed by atoms with Gasteiger partial charge in [-0.3, -0.25) is 0 Å². The number of ether oxygens (including phenoxy) is 1. The predicted molar refractivity (Wildman–Crippen MR) is 84.0 cm³/mol. The van der Waals surface area contributed by atoms with Crippen molar-refractivity contribution < 1.29 is 4.74 Å². The summed E-state index contributed by atoms with van der Waals surface area (Å²) in [6.45, 7) is 4.57. The molecule has 1 saturated carbocycles. The average molecular weight is 276 g/mol. The third-order valence-corrected chi connectivity index (χ3v) is 3.85. The number of hydrogen-bond donors (Lipinski definition) is 2. The lowest BCUT2D eigenvalue weighted by atomic mass is 10.1. The minimum absolute atomic E-state index is 0.236. The van der Waals surface area contributed by atoms with Gasteiger partial charge in [-0.25, -0.2) is 0 Å². The molecule has 0 radical (unpaired) electrons. The quantitative estimate of drug-likeness (QED) is 0.645. The topological polar surface area (TPSA) is 47.3 Å². The van der Waals surface area contributed by atoms with Gasteiger partial charge in [0.15, 0.2) is 0 Å². The molecule has 0 heterocycles. The second-order valence-corrected chi connectivity index (χ2v) is 5.75. The van der Waals surface area contributed by atoms with Crippen molar-refractivity contribution in [2.45, 2.75) is 45.1 Å². The van der Waals surface area contributed by atoms with E-state index in [1.807, 2.05) is 6.07 Å². The second kappa shape index (κ2) is 8.28. The molecule has 0 spiro atoms. The lowest BCUT2D eigenvalue weighted by Crippen LogP contribution is -2.29. The molecule has 1 aromatic rings. The monoisotopic (exact) mass is 276 g/mol. The van der Waals surface area contributed by atoms with E-state index in [4.69, 9.17) is 10.5 Å². The molecule has 3 heteroatoms. The van der Waals surface area contributed by atoms with E-state index in [1.165, 1.54) is 31.2 Å². The maximum atomic E-state index is 5.91. The molecule has 112 valence electrons. The Hall–Kier alpha value is -1.06. The van der Waals surface area contributed by atoms with Gasteiger partial charge >= 0.3 is 0 Å². The fourth-order valence-corrected chi connectivity index (χ4v) is 2.45. The first-order chi connectivity index (χ1) is 9.83. The van der Waals surface area contributed by atoms with E-state index >= 15 is 0 Å². The van der Waals surface area contributed by atoms with E-state index in [9.17, 15) is 0 Å². The summed E-state index contributed by atoms with van der Waals surface area (Å²) in [6, 6.07) is 8.54. The summed E-state index contributed by atoms with van der Waals surface area (Å²) in [5.74, 6) is 1.96. The largest absolute Gasteiger partial charge is 0.494 e. The molecule has 1 aromatic carbocycles. The highest BCUT2D eigenvalue weighted by Gasteiger charge is 2.20. The molecule has 2 rings (SSSR count). The fourth-order valence-electron chi connectivity index (χ4n) is 2.45. The van der Waals surface area contributed by atoms with Gasteiger partial charge in [-0.1, -0.05) is 31.9 Å². The number of nitrogens with two attached hydrogens (primary N) is 1. The van der Waals surface area contributed by atoms with E-state index in [2.05, 4.69) is 30.4 Å². The first-order valence-corrected chi connectivity index (χ1v) is 7.99. The van der Waals surface area contributed by atoms with Crippen LogP contribution in [0.2, 0.25) is 0 Å². The molecule has 3 nitrogen and oxygen atoms in total. The molecule has 1 unspecified atom stereocenters. The SMILES string of the molecule is CCCOc1cccc(C(CN)NCCCC2CC2)c1. The molecule has 0 amide bonds. The van der Waals surface area contributed by atoms with Crippen molar-refractivity contribution in [2.75, 3.05) is 19.7 Å². The molecule has 1 aliphatic carbocycles. The van der Waals surface area contributed by atoms with E-state index in [1.54, 1.807) is 0 Å². The number of benzene rings is 1. The molecule has 20 heavy (non-hydrogen) atoms. The molecule has 0 aliphatic heterocycles. The van der Waals surface area contributed by atoms with Crippen LogP contribution in [-0.2, 0) is 0 Å². The number of rotatable bonds is 10. The first-order valence-electron chi connectivity index (χ1n) is 7.99. The molecular weight excluding hydrogens is 248 g/mol. The summed E-state index contributed by atoms with van der Waals surface area (Å²) in [6.07, 6.45) is 6.54. The second-order valence-electron chi connectivity index (χ2n) is 5.75. The predicted octanol–water partition coefficient (Wildman–Crippen LogP) is 3.26. The van der Waals surface area contributed by atoms with E-state index in [0.29, 0.717) is 6.54 Å². The van der Waals surface area contributed by atoms with Crippen molar-refractivity contribution >= 4 is 0 Å². The van der Waals surface area contributed by atoms with Crippen molar-refractivity contribution in [2.24, 2.45) is 11.7 Å². The van der Waals surface area contributed by atoms with Crippen LogP contribution in [0, 0.1) is 5.92 Å². The Balaban J connectivity index is 1.81. The zero-order valence-corrected chi connectivity index (χ0v) is 12.6. The van der Waals surface area contributed by atoms with E-state index in [-0.39, 0.29) is 6.04 Å². The Morgan fingerprint density at radius 1 is 1.40 bits per heavy atom. The van der Waals surface area contributed by atoms with E-state index < -0.39 is 0 Å². The molecule has 1 fully saturated rings. The smallest absolute Gasteiger partial charge is 0.119 e. The van der Waals surface area contributed by atoms with Crippen LogP contribution in [0.3, 0.4) is 0 Å². The highest BCUT2D eigenvalue weighted by Crippen LogP contribution is 2.33. The molecule has 3 N–H and O–H groups in total. The standard InChI is InChI=1S/C17H28N2O/c1-2-11-20-16-7-3-6-15(12-16)17(13-18)19-10-4-5-14-8-9-14/h3,6-7,12,14,17,19H,2,4-5,8-11,13,18H2,1H3. The maximum absolute atomic E-state index is 5.91. The van der Waals surface area contributed by atoms with Crippen LogP contribution in [0.15, 0.2) is 24.3 Å². The minimum atomic E-state index is 0.236. The van der Waals surface area contributed by atoms with Crippen molar-refractivity contribution in [1.82, 2.24) is 5.32 Å². The van der Waals surface area contributed by atoms with Gasteiger partial charge in [0.1, 0.15) is 5.75 Å². The Labute approximate surface area is 122 Å². The molecule has 0 bridgehead atoms. The highest BCUT2D eigenvalue weighted by atomic mass is 16.5. The zero-order valence-electron chi connectivity index (χ0n) is 12.6. The summed E-state index contributed by atoms with van der Waals surface area (Å²) < 4.78 is 5.69. The van der Waals surface area contributed by atoms with Gasteiger partial charge in [-0.05, 0) is 49.4 Å². The Bertz CT molecular complexity index is 390. The summed E-state index contributed by atoms with van der Waals surface area (Å²) in [4.78, 5) is 0. The van der Waals surface area contributed by atoms with Crippen LogP contribution in [0.1, 0.15) is 50.6 Å². The van der Waals surface area contributed by atoms with Crippen molar-refractivity contribution in [1.29, 1.82) is 0 Å². The third-order valence-electron chi connectivity index (χ3n) is 3.85. The average Bonchev–Trinajstić information content (AvgIpc) is 3.30. The fraction of sp³-hybridized carbons (Fsp3) is 0.647. The van der Waals surface area contributed by atoms with Crippen LogP contribution in [0.4, 0.5) is 0 Å². The summed E-state index contributed by atoms with van der Waals surface area (Å²) in [5.41, 5.74) is 7.14. The number of nitrogens with one attached hydrogen (secondary N) is 1. The van der Waals surface area contributed by atoms with Crippen LogP contribution < -0.4 is 15.8 Å². The van der Waals surface area contributed by atoms with Crippen LogP contribution in [-0.4, -0.2) is 19.7 Å². The minimum Gasteiger partial charge on any atom is -0.494 e. The summed E-state index contributed by atoms with van der Waals surface area (Å²) in [5, 5.41) is 3.57. The lowest BCUT2D eigenvalue weighted by Gasteiger charge is -2.18. The van der Waals surface area contributed by atoms with Gasteiger partial charge in [0, 0.05) is 12.6 Å². The molecule has 0 aromatic heterocycles. The van der Waals surface area contributed by atoms with Crippen molar-refractivity contribution in [3.05, 3.63) is 29.8 Å². The van der Waals surface area contributed by atoms with E-state index in [0.717, 1.165) is 31.2 Å². The van der Waals surface area contributed by atoms with Crippen LogP contribution in [0.25, 0.3) is 0 Å². The lowest BCUT2D eigenvalue weighted by molar-refractivity contribution is 0.316. The van der Waals surface area contributed by atoms with Gasteiger partial charge in [-0.15, -0.1) is 0 Å². The highest BCUT2D eigenvalue weighted by molar-refractivity contribution is 5.30. The van der Waals surface area contributed by atoms with Crippen LogP contribution >= 0.6 is 0 Å². The third kappa shape index (κ3) is 5.14. The molecule has 0 saturated heterocycles. The van der Waals surface area contributed by atoms with Gasteiger partial charge in [0.05, 0.1) is 6.61 Å². The summed E-state index contributed by atoms with van der Waals surface area (Å²) in [7, 11) is 0. The Kier molecular flexibility index (Phi) is 6.34.